The number of ether oxygens (including phenoxy) is 1. The first-order valence-electron chi connectivity index (χ1n) is 12.8. The largest absolute Gasteiger partial charge is 0.493 e. The van der Waals surface area contributed by atoms with Gasteiger partial charge in [-0.2, -0.15) is 0 Å². The van der Waals surface area contributed by atoms with Gasteiger partial charge in [-0.1, -0.05) is 48.5 Å². The molecular formula is C31H33N3O2. The van der Waals surface area contributed by atoms with Gasteiger partial charge in [0.25, 0.3) is 0 Å². The Labute approximate surface area is 213 Å². The third-order valence-electron chi connectivity index (χ3n) is 6.86. The van der Waals surface area contributed by atoms with Gasteiger partial charge in [0, 0.05) is 31.1 Å². The highest BCUT2D eigenvalue weighted by molar-refractivity contribution is 5.96. The number of anilines is 1. The second kappa shape index (κ2) is 10.8. The minimum Gasteiger partial charge on any atom is -0.493 e. The second-order valence-electron chi connectivity index (χ2n) is 9.51. The van der Waals surface area contributed by atoms with E-state index in [-0.39, 0.29) is 11.8 Å². The van der Waals surface area contributed by atoms with E-state index in [9.17, 15) is 4.79 Å². The van der Waals surface area contributed by atoms with Gasteiger partial charge in [-0.25, -0.2) is 4.98 Å². The van der Waals surface area contributed by atoms with E-state index in [1.165, 1.54) is 5.56 Å². The molecule has 0 bridgehead atoms. The lowest BCUT2D eigenvalue weighted by atomic mass is 10.1. The van der Waals surface area contributed by atoms with Crippen LogP contribution in [-0.2, 0) is 17.8 Å². The summed E-state index contributed by atoms with van der Waals surface area (Å²) in [6.45, 7) is 8.08. The van der Waals surface area contributed by atoms with Crippen LogP contribution in [0.2, 0.25) is 0 Å². The standard InChI is InChI=1S/C31H33N3O2/c1-3-11-24-13-4-7-17-29(24)36-19-9-8-18-33-28-16-6-5-15-27(28)32-31(33)25-21-30(35)34(22-25)26-14-10-12-23(2)20-26/h3-7,10,12-17,20,25H,1,8-9,11,18-19,21-22H2,2H3. The van der Waals surface area contributed by atoms with Crippen molar-refractivity contribution in [1.82, 2.24) is 9.55 Å². The maximum atomic E-state index is 13.0. The molecule has 5 rings (SSSR count). The van der Waals surface area contributed by atoms with Gasteiger partial charge in [0.05, 0.1) is 17.6 Å². The minimum absolute atomic E-state index is 0.0763. The zero-order valence-corrected chi connectivity index (χ0v) is 20.9. The summed E-state index contributed by atoms with van der Waals surface area (Å²) >= 11 is 0. The van der Waals surface area contributed by atoms with E-state index in [2.05, 4.69) is 54.5 Å². The van der Waals surface area contributed by atoms with Crippen molar-refractivity contribution >= 4 is 22.6 Å². The molecule has 1 unspecified atom stereocenters. The number of aromatic nitrogens is 2. The molecular weight excluding hydrogens is 446 g/mol. The fraction of sp³-hybridized carbons (Fsp3) is 0.290. The molecule has 36 heavy (non-hydrogen) atoms. The molecule has 0 aliphatic carbocycles. The van der Waals surface area contributed by atoms with Crippen LogP contribution in [0.5, 0.6) is 5.75 Å². The Bertz CT molecular complexity index is 1370. The molecule has 1 amide bonds. The number of unbranched alkanes of at least 4 members (excludes halogenated alkanes) is 1. The molecule has 2 heterocycles. The summed E-state index contributed by atoms with van der Waals surface area (Å²) in [5.74, 6) is 2.19. The average Bonchev–Trinajstić information content (AvgIpc) is 3.45. The number of benzene rings is 3. The Balaban J connectivity index is 1.28. The monoisotopic (exact) mass is 479 g/mol. The number of amides is 1. The van der Waals surface area contributed by atoms with Crippen molar-refractivity contribution in [1.29, 1.82) is 0 Å². The number of carbonyl (C=O) groups excluding carboxylic acids is 1. The van der Waals surface area contributed by atoms with Crippen molar-refractivity contribution in [3.05, 3.63) is 102 Å². The van der Waals surface area contributed by atoms with Gasteiger partial charge in [-0.05, 0) is 67.6 Å². The van der Waals surface area contributed by atoms with Crippen LogP contribution in [0.1, 0.15) is 42.1 Å². The first-order valence-corrected chi connectivity index (χ1v) is 12.8. The Hall–Kier alpha value is -3.86. The van der Waals surface area contributed by atoms with Crippen LogP contribution in [0.15, 0.2) is 85.5 Å². The van der Waals surface area contributed by atoms with Crippen LogP contribution in [0.3, 0.4) is 0 Å². The quantitative estimate of drug-likeness (QED) is 0.194. The van der Waals surface area contributed by atoms with E-state index >= 15 is 0 Å². The number of allylic oxidation sites excluding steroid dienone is 1. The molecule has 5 heteroatoms. The van der Waals surface area contributed by atoms with Crippen LogP contribution in [0, 0.1) is 6.92 Å². The number of imidazole rings is 1. The van der Waals surface area contributed by atoms with E-state index < -0.39 is 0 Å². The lowest BCUT2D eigenvalue weighted by Gasteiger charge is -2.18. The molecule has 1 aromatic heterocycles. The molecule has 1 atom stereocenters. The van der Waals surface area contributed by atoms with E-state index in [0.717, 1.165) is 59.7 Å². The molecule has 0 N–H and O–H groups in total. The Morgan fingerprint density at radius 1 is 1.06 bits per heavy atom. The van der Waals surface area contributed by atoms with Gasteiger partial charge in [-0.3, -0.25) is 4.79 Å². The molecule has 184 valence electrons. The van der Waals surface area contributed by atoms with Crippen molar-refractivity contribution in [2.45, 2.75) is 45.1 Å². The normalized spacial score (nSPS) is 15.5. The van der Waals surface area contributed by atoms with Gasteiger partial charge >= 0.3 is 0 Å². The van der Waals surface area contributed by atoms with Crippen LogP contribution in [0.4, 0.5) is 5.69 Å². The van der Waals surface area contributed by atoms with Crippen molar-refractivity contribution in [2.75, 3.05) is 18.1 Å². The number of hydrogen-bond acceptors (Lipinski definition) is 3. The van der Waals surface area contributed by atoms with Gasteiger partial charge in [0.15, 0.2) is 0 Å². The highest BCUT2D eigenvalue weighted by Gasteiger charge is 2.34. The summed E-state index contributed by atoms with van der Waals surface area (Å²) < 4.78 is 8.41. The number of rotatable bonds is 10. The first-order chi connectivity index (χ1) is 17.6. The lowest BCUT2D eigenvalue weighted by molar-refractivity contribution is -0.117. The van der Waals surface area contributed by atoms with Crippen LogP contribution in [-0.4, -0.2) is 28.6 Å². The van der Waals surface area contributed by atoms with Crippen molar-refractivity contribution < 1.29 is 9.53 Å². The van der Waals surface area contributed by atoms with Gasteiger partial charge in [-0.15, -0.1) is 6.58 Å². The van der Waals surface area contributed by atoms with E-state index in [4.69, 9.17) is 9.72 Å². The van der Waals surface area contributed by atoms with Crippen molar-refractivity contribution in [3.63, 3.8) is 0 Å². The number of para-hydroxylation sites is 3. The highest BCUT2D eigenvalue weighted by atomic mass is 16.5. The molecule has 0 spiro atoms. The average molecular weight is 480 g/mol. The highest BCUT2D eigenvalue weighted by Crippen LogP contribution is 2.33. The third kappa shape index (κ3) is 5.06. The third-order valence-corrected chi connectivity index (χ3v) is 6.86. The van der Waals surface area contributed by atoms with Gasteiger partial charge < -0.3 is 14.2 Å². The van der Waals surface area contributed by atoms with E-state index in [1.807, 2.05) is 47.4 Å². The van der Waals surface area contributed by atoms with E-state index in [1.54, 1.807) is 0 Å². The molecule has 1 saturated heterocycles. The number of fused-ring (bicyclic) bond motifs is 1. The zero-order valence-electron chi connectivity index (χ0n) is 20.9. The topological polar surface area (TPSA) is 47.4 Å². The number of nitrogens with zero attached hydrogens (tertiary/aromatic N) is 3. The predicted octanol–water partition coefficient (Wildman–Crippen LogP) is 6.45. The number of hydrogen-bond donors (Lipinski definition) is 0. The second-order valence-corrected chi connectivity index (χ2v) is 9.51. The zero-order chi connectivity index (χ0) is 24.9. The number of carbonyl (C=O) groups is 1. The summed E-state index contributed by atoms with van der Waals surface area (Å²) in [6, 6.07) is 24.6. The molecule has 1 aliphatic heterocycles. The molecule has 4 aromatic rings. The Morgan fingerprint density at radius 2 is 1.89 bits per heavy atom. The SMILES string of the molecule is C=CCc1ccccc1OCCCCn1c(C2CC(=O)N(c3cccc(C)c3)C2)nc2ccccc21. The maximum Gasteiger partial charge on any atom is 0.227 e. The molecule has 1 fully saturated rings. The molecule has 0 radical (unpaired) electrons. The van der Waals surface area contributed by atoms with Crippen molar-refractivity contribution in [2.24, 2.45) is 0 Å². The summed E-state index contributed by atoms with van der Waals surface area (Å²) in [5, 5.41) is 0. The van der Waals surface area contributed by atoms with Crippen LogP contribution >= 0.6 is 0 Å². The molecule has 1 aliphatic rings. The maximum absolute atomic E-state index is 13.0. The smallest absolute Gasteiger partial charge is 0.227 e. The van der Waals surface area contributed by atoms with Crippen molar-refractivity contribution in [3.8, 4) is 5.75 Å². The molecule has 3 aromatic carbocycles. The molecule has 5 nitrogen and oxygen atoms in total. The lowest BCUT2D eigenvalue weighted by Crippen LogP contribution is -2.24. The van der Waals surface area contributed by atoms with E-state index in [0.29, 0.717) is 19.6 Å². The summed E-state index contributed by atoms with van der Waals surface area (Å²) in [7, 11) is 0. The van der Waals surface area contributed by atoms with Gasteiger partial charge in [0.1, 0.15) is 11.6 Å². The first kappa shape index (κ1) is 23.9. The minimum atomic E-state index is 0.0763. The summed E-state index contributed by atoms with van der Waals surface area (Å²) in [5.41, 5.74) is 5.42. The number of aryl methyl sites for hydroxylation is 2. The van der Waals surface area contributed by atoms with Crippen LogP contribution < -0.4 is 9.64 Å². The van der Waals surface area contributed by atoms with Gasteiger partial charge in [0.2, 0.25) is 5.91 Å². The molecule has 0 saturated carbocycles. The Morgan fingerprint density at radius 3 is 2.75 bits per heavy atom. The fourth-order valence-electron chi connectivity index (χ4n) is 5.09. The summed E-state index contributed by atoms with van der Waals surface area (Å²) in [4.78, 5) is 19.9. The predicted molar refractivity (Wildman–Crippen MR) is 146 cm³/mol. The summed E-state index contributed by atoms with van der Waals surface area (Å²) in [6.07, 6.45) is 5.11. The van der Waals surface area contributed by atoms with Crippen LogP contribution in [0.25, 0.3) is 11.0 Å². The Kier molecular flexibility index (Phi) is 7.17. The fourth-order valence-corrected chi connectivity index (χ4v) is 5.09.